The van der Waals surface area contributed by atoms with E-state index in [2.05, 4.69) is 19.1 Å². The largest absolute Gasteiger partial charge is 4.00 e. The summed E-state index contributed by atoms with van der Waals surface area (Å²) in [7, 11) is 0. The Hall–Kier alpha value is 0.168. The van der Waals surface area contributed by atoms with Crippen molar-refractivity contribution in [3.8, 4) is 0 Å². The summed E-state index contributed by atoms with van der Waals surface area (Å²) in [5, 5.41) is 0. The van der Waals surface area contributed by atoms with E-state index < -0.39 is 0 Å². The maximum Gasteiger partial charge on any atom is 4.00 e. The molecule has 1 aliphatic carbocycles. The van der Waals surface area contributed by atoms with Crippen molar-refractivity contribution in [2.45, 2.75) is 0 Å². The molecule has 0 saturated carbocycles. The molecule has 0 radical (unpaired) electrons. The second-order valence-electron chi connectivity index (χ2n) is 1.43. The van der Waals surface area contributed by atoms with Crippen molar-refractivity contribution in [3.05, 3.63) is 53.5 Å². The van der Waals surface area contributed by atoms with E-state index in [1.165, 1.54) is 0 Å². The van der Waals surface area contributed by atoms with Gasteiger partial charge in [0.05, 0.1) is 0 Å². The van der Waals surface area contributed by atoms with Crippen molar-refractivity contribution >= 4 is 0 Å². The summed E-state index contributed by atoms with van der Waals surface area (Å²) >= 11 is 0. The van der Waals surface area contributed by atoms with Crippen molar-refractivity contribution in [1.29, 1.82) is 0 Å². The maximum absolute atomic E-state index is 3.76. The van der Waals surface area contributed by atoms with E-state index in [4.69, 9.17) is 0 Å². The van der Waals surface area contributed by atoms with Gasteiger partial charge in [0.1, 0.15) is 0 Å². The van der Waals surface area contributed by atoms with Crippen molar-refractivity contribution in [1.82, 2.24) is 0 Å². The molecule has 1 aliphatic rings. The van der Waals surface area contributed by atoms with Crippen LogP contribution in [0.15, 0.2) is 24.3 Å². The average Bonchev–Trinajstić information content (AvgIpc) is 1.86. The quantitative estimate of drug-likeness (QED) is 0.602. The molecule has 0 aromatic carbocycles. The number of hydrogen-bond donors (Lipinski definition) is 0. The Morgan fingerprint density at radius 1 is 0.900 bits per heavy atom. The minimum Gasteiger partial charge on any atom is -0.358 e. The summed E-state index contributed by atoms with van der Waals surface area (Å²) in [6.07, 6.45) is 8.13. The van der Waals surface area contributed by atoms with E-state index in [-0.39, 0.29) is 43.3 Å². The first-order valence-electron chi connectivity index (χ1n) is 2.07. The molecule has 10 heavy (non-hydrogen) atoms. The molecular weight excluding hydrogens is 303 g/mol. The number of allylic oxidation sites excluding steroid dienone is 4. The zero-order valence-corrected chi connectivity index (χ0v) is 9.18. The summed E-state index contributed by atoms with van der Waals surface area (Å²) in [4.78, 5) is 0. The second-order valence-corrected chi connectivity index (χ2v) is 1.43. The molecule has 62 valence electrons. The van der Waals surface area contributed by atoms with Gasteiger partial charge in [-0.3, -0.25) is 0 Å². The van der Waals surface area contributed by atoms with Gasteiger partial charge in [0, 0.05) is 0 Å². The first kappa shape index (κ1) is 22.5. The molecule has 0 spiro atoms. The Labute approximate surface area is 80.7 Å². The van der Waals surface area contributed by atoms with Crippen LogP contribution in [0.3, 0.4) is 0 Å². The van der Waals surface area contributed by atoms with Crippen molar-refractivity contribution < 1.29 is 21.1 Å². The molecule has 0 fully saturated rings. The predicted molar refractivity (Wildman–Crippen MR) is 46.4 cm³/mol. The van der Waals surface area contributed by atoms with E-state index in [0.29, 0.717) is 5.92 Å². The molecule has 1 heteroatoms. The minimum atomic E-state index is 0. The van der Waals surface area contributed by atoms with Gasteiger partial charge >= 0.3 is 21.1 Å². The molecule has 0 N–H and O–H groups in total. The van der Waals surface area contributed by atoms with E-state index in [1.807, 2.05) is 12.2 Å². The smallest absolute Gasteiger partial charge is 0.358 e. The van der Waals surface area contributed by atoms with Gasteiger partial charge in [0.15, 0.2) is 0 Å². The van der Waals surface area contributed by atoms with Crippen LogP contribution in [-0.2, 0) is 21.1 Å². The van der Waals surface area contributed by atoms with Gasteiger partial charge < -0.3 is 29.2 Å². The van der Waals surface area contributed by atoms with Gasteiger partial charge in [0.2, 0.25) is 0 Å². The van der Waals surface area contributed by atoms with Gasteiger partial charge in [-0.05, 0) is 0 Å². The van der Waals surface area contributed by atoms with Gasteiger partial charge in [-0.1, -0.05) is 12.2 Å². The van der Waals surface area contributed by atoms with Crippen molar-refractivity contribution in [2.75, 3.05) is 0 Å². The molecule has 0 saturated heterocycles. The van der Waals surface area contributed by atoms with Crippen molar-refractivity contribution in [3.63, 3.8) is 0 Å². The van der Waals surface area contributed by atoms with Gasteiger partial charge in [-0.2, -0.15) is 0 Å². The molecule has 1 rings (SSSR count). The predicted octanol–water partition coefficient (Wildman–Crippen LogP) is 2.91. The fourth-order valence-electron chi connectivity index (χ4n) is 0.478. The number of hydrogen-bond acceptors (Lipinski definition) is 0. The van der Waals surface area contributed by atoms with E-state index in [1.54, 1.807) is 0 Å². The molecule has 0 heterocycles. The van der Waals surface area contributed by atoms with Gasteiger partial charge in [0.25, 0.3) is 0 Å². The Morgan fingerprint density at radius 3 is 1.30 bits per heavy atom. The fourth-order valence-corrected chi connectivity index (χ4v) is 0.478. The normalized spacial score (nSPS) is 12.1. The van der Waals surface area contributed by atoms with Crippen LogP contribution in [0.5, 0.6) is 0 Å². The van der Waals surface area contributed by atoms with Crippen LogP contribution in [0, 0.1) is 35.1 Å². The maximum atomic E-state index is 3.76. The standard InChI is InChI=1S/C6H7.3CH3.Pt/c1-6-4-2-3-5-6;;;;/h2-6H,1H2;3*1H3;/q4*-1;+4. The first-order chi connectivity index (χ1) is 2.89. The Bertz CT molecular complexity index is 80.9. The third-order valence-corrected chi connectivity index (χ3v) is 0.828. The van der Waals surface area contributed by atoms with E-state index in [0.717, 1.165) is 0 Å². The summed E-state index contributed by atoms with van der Waals surface area (Å²) in [5.41, 5.74) is 0. The Kier molecular flexibility index (Phi) is 26.7. The topological polar surface area (TPSA) is 0 Å². The van der Waals surface area contributed by atoms with Crippen LogP contribution in [0.1, 0.15) is 0 Å². The van der Waals surface area contributed by atoms with E-state index >= 15 is 0 Å². The molecule has 0 nitrogen and oxygen atoms in total. The van der Waals surface area contributed by atoms with Crippen LogP contribution in [0.25, 0.3) is 0 Å². The average molecular weight is 319 g/mol. The second kappa shape index (κ2) is 11.9. The molecule has 0 atom stereocenters. The summed E-state index contributed by atoms with van der Waals surface area (Å²) < 4.78 is 0. The Balaban J connectivity index is -0.0000000450. The summed E-state index contributed by atoms with van der Waals surface area (Å²) in [6.45, 7) is 3.76. The van der Waals surface area contributed by atoms with Gasteiger partial charge in [-0.25, -0.2) is 0 Å². The van der Waals surface area contributed by atoms with E-state index in [9.17, 15) is 0 Å². The van der Waals surface area contributed by atoms with Gasteiger partial charge in [-0.15, -0.1) is 18.1 Å². The summed E-state index contributed by atoms with van der Waals surface area (Å²) in [6, 6.07) is 0. The SMILES string of the molecule is [CH2-]C1C=CC=C1.[CH3-].[CH3-].[CH3-].[Pt+4]. The molecular formula is C9H16Pt. The van der Waals surface area contributed by atoms with Crippen LogP contribution < -0.4 is 0 Å². The van der Waals surface area contributed by atoms with Crippen LogP contribution in [-0.4, -0.2) is 0 Å². The van der Waals surface area contributed by atoms with Crippen molar-refractivity contribution in [2.24, 2.45) is 5.92 Å². The van der Waals surface area contributed by atoms with Crippen LogP contribution in [0.4, 0.5) is 0 Å². The third-order valence-electron chi connectivity index (χ3n) is 0.828. The zero-order valence-electron chi connectivity index (χ0n) is 6.91. The first-order valence-corrected chi connectivity index (χ1v) is 2.07. The monoisotopic (exact) mass is 319 g/mol. The molecule has 0 amide bonds. The zero-order chi connectivity index (χ0) is 4.41. The molecule has 0 unspecified atom stereocenters. The Morgan fingerprint density at radius 2 is 1.20 bits per heavy atom. The minimum absolute atomic E-state index is 0. The number of rotatable bonds is 0. The summed E-state index contributed by atoms with van der Waals surface area (Å²) in [5.74, 6) is 0.435. The molecule has 0 aromatic rings. The molecule has 0 bridgehead atoms. The molecule has 0 aromatic heterocycles. The third kappa shape index (κ3) is 8.17. The molecule has 0 aliphatic heterocycles. The fraction of sp³-hybridized carbons (Fsp3) is 0.111. The van der Waals surface area contributed by atoms with Crippen LogP contribution in [0.2, 0.25) is 0 Å². The van der Waals surface area contributed by atoms with Crippen LogP contribution >= 0.6 is 0 Å².